The summed E-state index contributed by atoms with van der Waals surface area (Å²) in [6, 6.07) is 12.5. The summed E-state index contributed by atoms with van der Waals surface area (Å²) in [6.45, 7) is 0. The Kier molecular flexibility index (Phi) is 5.11. The number of nitrogens with one attached hydrogen (secondary N) is 2. The molecule has 0 atom stereocenters. The molecule has 2 aromatic carbocycles. The molecule has 3 rings (SSSR count). The predicted molar refractivity (Wildman–Crippen MR) is 98.6 cm³/mol. The van der Waals surface area contributed by atoms with Crippen LogP contribution in [0.3, 0.4) is 0 Å². The van der Waals surface area contributed by atoms with Gasteiger partial charge in [0.25, 0.3) is 0 Å². The first-order valence-electron chi connectivity index (χ1n) is 8.00. The smallest absolute Gasteiger partial charge is 0.378 e. The Morgan fingerprint density at radius 1 is 0.926 bits per heavy atom. The molecular weight excluding hydrogens is 357 g/mol. The van der Waals surface area contributed by atoms with Crippen LogP contribution in [-0.4, -0.2) is 29.3 Å². The van der Waals surface area contributed by atoms with Crippen molar-refractivity contribution >= 4 is 28.8 Å². The molecule has 0 saturated carbocycles. The summed E-state index contributed by atoms with van der Waals surface area (Å²) >= 11 is 0. The van der Waals surface area contributed by atoms with Gasteiger partial charge in [-0.05, 0) is 42.5 Å². The van der Waals surface area contributed by atoms with Crippen LogP contribution >= 0.6 is 0 Å². The third-order valence-electron chi connectivity index (χ3n) is 3.66. The SMILES string of the molecule is CN(C)c1ccc(Nc2cnnc(Nc3cccc(C(F)(F)F)c3)n2)cc1. The minimum Gasteiger partial charge on any atom is -0.378 e. The van der Waals surface area contributed by atoms with Crippen molar-refractivity contribution in [2.24, 2.45) is 0 Å². The summed E-state index contributed by atoms with van der Waals surface area (Å²) in [5.41, 5.74) is 1.31. The second kappa shape index (κ2) is 7.48. The van der Waals surface area contributed by atoms with Crippen molar-refractivity contribution in [2.45, 2.75) is 6.18 Å². The fourth-order valence-corrected chi connectivity index (χ4v) is 2.31. The highest BCUT2D eigenvalue weighted by atomic mass is 19.4. The van der Waals surface area contributed by atoms with Gasteiger partial charge in [0.05, 0.1) is 11.8 Å². The Balaban J connectivity index is 1.74. The van der Waals surface area contributed by atoms with Crippen LogP contribution in [0.15, 0.2) is 54.7 Å². The minimum absolute atomic E-state index is 0.0873. The number of rotatable bonds is 5. The van der Waals surface area contributed by atoms with Gasteiger partial charge < -0.3 is 15.5 Å². The van der Waals surface area contributed by atoms with Gasteiger partial charge in [0.1, 0.15) is 0 Å². The van der Waals surface area contributed by atoms with E-state index in [4.69, 9.17) is 0 Å². The molecular formula is C18H17F3N6. The van der Waals surface area contributed by atoms with Crippen molar-refractivity contribution in [1.82, 2.24) is 15.2 Å². The van der Waals surface area contributed by atoms with Gasteiger partial charge in [-0.3, -0.25) is 0 Å². The van der Waals surface area contributed by atoms with E-state index in [1.807, 2.05) is 43.3 Å². The van der Waals surface area contributed by atoms with Gasteiger partial charge >= 0.3 is 6.18 Å². The number of hydrogen-bond donors (Lipinski definition) is 2. The van der Waals surface area contributed by atoms with Crippen LogP contribution in [0.25, 0.3) is 0 Å². The molecule has 0 spiro atoms. The van der Waals surface area contributed by atoms with Gasteiger partial charge in [0.2, 0.25) is 5.95 Å². The molecule has 6 nitrogen and oxygen atoms in total. The van der Waals surface area contributed by atoms with Crippen molar-refractivity contribution in [3.8, 4) is 0 Å². The highest BCUT2D eigenvalue weighted by Gasteiger charge is 2.30. The van der Waals surface area contributed by atoms with E-state index in [0.29, 0.717) is 5.82 Å². The number of hydrogen-bond acceptors (Lipinski definition) is 6. The number of aromatic nitrogens is 3. The lowest BCUT2D eigenvalue weighted by Crippen LogP contribution is -2.08. The highest BCUT2D eigenvalue weighted by Crippen LogP contribution is 2.31. The molecule has 3 aromatic rings. The Hall–Kier alpha value is -3.36. The van der Waals surface area contributed by atoms with E-state index in [1.165, 1.54) is 18.3 Å². The summed E-state index contributed by atoms with van der Waals surface area (Å²) in [7, 11) is 3.89. The molecule has 0 unspecified atom stereocenters. The molecule has 1 heterocycles. The molecule has 0 fully saturated rings. The maximum absolute atomic E-state index is 12.8. The lowest BCUT2D eigenvalue weighted by molar-refractivity contribution is -0.137. The predicted octanol–water partition coefficient (Wildman–Crippen LogP) is 4.44. The minimum atomic E-state index is -4.42. The van der Waals surface area contributed by atoms with E-state index in [9.17, 15) is 13.2 Å². The van der Waals surface area contributed by atoms with E-state index >= 15 is 0 Å². The molecule has 0 aliphatic rings. The van der Waals surface area contributed by atoms with Crippen LogP contribution in [0, 0.1) is 0 Å². The van der Waals surface area contributed by atoms with E-state index in [1.54, 1.807) is 0 Å². The lowest BCUT2D eigenvalue weighted by Gasteiger charge is -2.13. The van der Waals surface area contributed by atoms with Gasteiger partial charge in [0.15, 0.2) is 5.82 Å². The zero-order chi connectivity index (χ0) is 19.4. The highest BCUT2D eigenvalue weighted by molar-refractivity contribution is 5.61. The molecule has 2 N–H and O–H groups in total. The van der Waals surface area contributed by atoms with E-state index < -0.39 is 11.7 Å². The van der Waals surface area contributed by atoms with Crippen molar-refractivity contribution in [1.29, 1.82) is 0 Å². The van der Waals surface area contributed by atoms with Crippen molar-refractivity contribution in [2.75, 3.05) is 29.6 Å². The van der Waals surface area contributed by atoms with E-state index in [0.717, 1.165) is 23.5 Å². The van der Waals surface area contributed by atoms with Crippen LogP contribution in [0.4, 0.5) is 42.0 Å². The molecule has 140 valence electrons. The summed E-state index contributed by atoms with van der Waals surface area (Å²) in [5.74, 6) is 0.501. The van der Waals surface area contributed by atoms with Crippen molar-refractivity contribution in [3.63, 3.8) is 0 Å². The first-order chi connectivity index (χ1) is 12.8. The lowest BCUT2D eigenvalue weighted by atomic mass is 10.2. The fourth-order valence-electron chi connectivity index (χ4n) is 2.31. The third-order valence-corrected chi connectivity index (χ3v) is 3.66. The molecule has 0 aliphatic heterocycles. The second-order valence-electron chi connectivity index (χ2n) is 5.94. The van der Waals surface area contributed by atoms with Gasteiger partial charge in [-0.25, -0.2) is 0 Å². The average Bonchev–Trinajstić information content (AvgIpc) is 2.62. The molecule has 0 bridgehead atoms. The van der Waals surface area contributed by atoms with Crippen LogP contribution in [0.1, 0.15) is 5.56 Å². The Bertz CT molecular complexity index is 909. The number of nitrogens with zero attached hydrogens (tertiary/aromatic N) is 4. The molecule has 1 aromatic heterocycles. The maximum Gasteiger partial charge on any atom is 0.416 e. The zero-order valence-electron chi connectivity index (χ0n) is 14.6. The average molecular weight is 374 g/mol. The summed E-state index contributed by atoms with van der Waals surface area (Å²) in [5, 5.41) is 13.4. The fraction of sp³-hybridized carbons (Fsp3) is 0.167. The van der Waals surface area contributed by atoms with Crippen molar-refractivity contribution in [3.05, 3.63) is 60.3 Å². The van der Waals surface area contributed by atoms with Gasteiger partial charge in [-0.2, -0.15) is 23.3 Å². The van der Waals surface area contributed by atoms with E-state index in [-0.39, 0.29) is 11.6 Å². The van der Waals surface area contributed by atoms with Crippen LogP contribution in [0.2, 0.25) is 0 Å². The third kappa shape index (κ3) is 4.84. The molecule has 0 saturated heterocycles. The van der Waals surface area contributed by atoms with Gasteiger partial charge in [-0.15, -0.1) is 5.10 Å². The zero-order valence-corrected chi connectivity index (χ0v) is 14.6. The van der Waals surface area contributed by atoms with Crippen LogP contribution in [-0.2, 0) is 6.18 Å². The van der Waals surface area contributed by atoms with Gasteiger partial charge in [0, 0.05) is 31.2 Å². The van der Waals surface area contributed by atoms with Gasteiger partial charge in [-0.1, -0.05) is 6.07 Å². The number of anilines is 5. The number of alkyl halides is 3. The first kappa shape index (κ1) is 18.4. The number of benzene rings is 2. The molecule has 9 heteroatoms. The Morgan fingerprint density at radius 3 is 2.33 bits per heavy atom. The first-order valence-corrected chi connectivity index (χ1v) is 8.00. The van der Waals surface area contributed by atoms with Crippen molar-refractivity contribution < 1.29 is 13.2 Å². The normalized spacial score (nSPS) is 11.1. The maximum atomic E-state index is 12.8. The second-order valence-corrected chi connectivity index (χ2v) is 5.94. The van der Waals surface area contributed by atoms with Crippen LogP contribution < -0.4 is 15.5 Å². The Labute approximate surface area is 154 Å². The van der Waals surface area contributed by atoms with E-state index in [2.05, 4.69) is 25.8 Å². The largest absolute Gasteiger partial charge is 0.416 e. The quantitative estimate of drug-likeness (QED) is 0.688. The standard InChI is InChI=1S/C18H17F3N6/c1-27(2)15-8-6-13(7-9-15)23-16-11-22-26-17(25-16)24-14-5-3-4-12(10-14)18(19,20)21/h3-11H,1-2H3,(H2,23,24,25,26). The number of halogens is 3. The summed E-state index contributed by atoms with van der Waals surface area (Å²) in [6.07, 6.45) is -2.99. The molecule has 27 heavy (non-hydrogen) atoms. The van der Waals surface area contributed by atoms with Crippen LogP contribution in [0.5, 0.6) is 0 Å². The molecule has 0 aliphatic carbocycles. The monoisotopic (exact) mass is 374 g/mol. The molecule has 0 amide bonds. The topological polar surface area (TPSA) is 66.0 Å². The summed E-state index contributed by atoms with van der Waals surface area (Å²) in [4.78, 5) is 6.20. The molecule has 0 radical (unpaired) electrons. The summed E-state index contributed by atoms with van der Waals surface area (Å²) < 4.78 is 38.4. The Morgan fingerprint density at radius 2 is 1.67 bits per heavy atom.